The lowest BCUT2D eigenvalue weighted by Gasteiger charge is -2.03. The molecule has 0 spiro atoms. The molecule has 8 heteroatoms. The van der Waals surface area contributed by atoms with E-state index in [1.807, 2.05) is 0 Å². The number of aliphatic hydroxyl groups excluding tert-OH is 1. The van der Waals surface area contributed by atoms with Crippen molar-refractivity contribution in [1.29, 1.82) is 0 Å². The molecule has 0 radical (unpaired) electrons. The summed E-state index contributed by atoms with van der Waals surface area (Å²) in [6.07, 6.45) is 0.402. The molecule has 1 aromatic heterocycles. The Kier molecular flexibility index (Phi) is 6.67. The zero-order valence-electron chi connectivity index (χ0n) is 10.9. The Hall–Kier alpha value is -1.40. The predicted molar refractivity (Wildman–Crippen MR) is 75.5 cm³/mol. The normalized spacial score (nSPS) is 10.7. The van der Waals surface area contributed by atoms with Crippen LogP contribution in [0.1, 0.15) is 16.2 Å². The van der Waals surface area contributed by atoms with Crippen molar-refractivity contribution in [1.82, 2.24) is 4.72 Å². The smallest absolute Gasteiger partial charge is 0.322 e. The first-order valence-electron chi connectivity index (χ1n) is 5.69. The first-order valence-corrected chi connectivity index (χ1v) is 8.16. The number of ether oxygens (including phenoxy) is 1. The second-order valence-corrected chi connectivity index (χ2v) is 6.67. The highest BCUT2D eigenvalue weighted by Gasteiger charge is 2.16. The Morgan fingerprint density at radius 2 is 2.25 bits per heavy atom. The van der Waals surface area contributed by atoms with Crippen LogP contribution in [0.25, 0.3) is 0 Å². The molecule has 110 valence electrons. The van der Waals surface area contributed by atoms with E-state index < -0.39 is 21.7 Å². The fraction of sp³-hybridized carbons (Fsp3) is 0.417. The van der Waals surface area contributed by atoms with Crippen molar-refractivity contribution in [3.8, 4) is 11.8 Å². The highest BCUT2D eigenvalue weighted by molar-refractivity contribution is 7.90. The molecule has 1 heterocycles. The maximum Gasteiger partial charge on any atom is 0.322 e. The van der Waals surface area contributed by atoms with Gasteiger partial charge in [0.2, 0.25) is 10.0 Å². The summed E-state index contributed by atoms with van der Waals surface area (Å²) in [6.45, 7) is 0.115. The van der Waals surface area contributed by atoms with Crippen LogP contribution in [0.5, 0.6) is 0 Å². The maximum absolute atomic E-state index is 11.5. The number of methoxy groups -OCH3 is 1. The van der Waals surface area contributed by atoms with E-state index in [-0.39, 0.29) is 13.2 Å². The molecule has 0 saturated carbocycles. The molecule has 0 unspecified atom stereocenters. The van der Waals surface area contributed by atoms with Crippen LogP contribution in [0.15, 0.2) is 12.1 Å². The average molecular weight is 317 g/mol. The molecular formula is C12H15NO5S2. The molecule has 0 fully saturated rings. The second-order valence-electron chi connectivity index (χ2n) is 3.70. The van der Waals surface area contributed by atoms with Gasteiger partial charge in [0.15, 0.2) is 5.75 Å². The number of esters is 1. The monoisotopic (exact) mass is 317 g/mol. The molecule has 0 aliphatic rings. The molecular weight excluding hydrogens is 302 g/mol. The fourth-order valence-electron chi connectivity index (χ4n) is 1.19. The fourth-order valence-corrected chi connectivity index (χ4v) is 3.01. The Balaban J connectivity index is 2.54. The topological polar surface area (TPSA) is 92.7 Å². The quantitative estimate of drug-likeness (QED) is 0.572. The van der Waals surface area contributed by atoms with Gasteiger partial charge in [0, 0.05) is 17.8 Å². The van der Waals surface area contributed by atoms with Crippen molar-refractivity contribution in [2.75, 3.05) is 19.5 Å². The molecule has 1 rings (SSSR count). The third kappa shape index (κ3) is 6.16. The number of rotatable bonds is 6. The van der Waals surface area contributed by atoms with E-state index in [2.05, 4.69) is 21.3 Å². The van der Waals surface area contributed by atoms with Crippen LogP contribution in [-0.4, -0.2) is 39.0 Å². The first kappa shape index (κ1) is 16.7. The summed E-state index contributed by atoms with van der Waals surface area (Å²) in [4.78, 5) is 12.5. The molecule has 1 aromatic rings. The highest BCUT2D eigenvalue weighted by Crippen LogP contribution is 2.15. The highest BCUT2D eigenvalue weighted by atomic mass is 32.2. The van der Waals surface area contributed by atoms with Crippen molar-refractivity contribution in [3.63, 3.8) is 0 Å². The number of aliphatic hydroxyl groups is 1. The van der Waals surface area contributed by atoms with Gasteiger partial charge in [-0.1, -0.05) is 11.8 Å². The van der Waals surface area contributed by atoms with Crippen LogP contribution in [0.2, 0.25) is 0 Å². The van der Waals surface area contributed by atoms with Gasteiger partial charge in [-0.25, -0.2) is 13.1 Å². The zero-order valence-corrected chi connectivity index (χ0v) is 12.5. The van der Waals surface area contributed by atoms with Gasteiger partial charge in [-0.3, -0.25) is 4.79 Å². The molecule has 0 aliphatic carbocycles. The number of carbonyl (C=O) groups excluding carboxylic acids is 1. The molecule has 2 N–H and O–H groups in total. The first-order chi connectivity index (χ1) is 9.46. The van der Waals surface area contributed by atoms with Gasteiger partial charge < -0.3 is 9.84 Å². The number of sulfonamides is 1. The summed E-state index contributed by atoms with van der Waals surface area (Å²) in [5, 5.41) is 8.60. The Bertz CT molecular complexity index is 609. The van der Waals surface area contributed by atoms with Crippen molar-refractivity contribution >= 4 is 27.3 Å². The van der Waals surface area contributed by atoms with Crippen LogP contribution >= 0.6 is 11.3 Å². The van der Waals surface area contributed by atoms with Crippen LogP contribution in [-0.2, 0) is 26.1 Å². The van der Waals surface area contributed by atoms with E-state index in [1.54, 1.807) is 12.1 Å². The average Bonchev–Trinajstić information content (AvgIpc) is 2.84. The summed E-state index contributed by atoms with van der Waals surface area (Å²) < 4.78 is 29.7. The number of nitrogens with one attached hydrogen (secondary N) is 1. The third-order valence-corrected chi connectivity index (χ3v) is 4.31. The van der Waals surface area contributed by atoms with Gasteiger partial charge in [-0.2, -0.15) is 0 Å². The summed E-state index contributed by atoms with van der Waals surface area (Å²) in [7, 11) is -2.56. The molecule has 0 bridgehead atoms. The lowest BCUT2D eigenvalue weighted by molar-refractivity contribution is -0.137. The summed E-state index contributed by atoms with van der Waals surface area (Å²) >= 11 is 1.35. The van der Waals surface area contributed by atoms with Crippen molar-refractivity contribution < 1.29 is 23.1 Å². The van der Waals surface area contributed by atoms with E-state index in [9.17, 15) is 13.2 Å². The van der Waals surface area contributed by atoms with Crippen LogP contribution in [0.4, 0.5) is 0 Å². The Morgan fingerprint density at radius 3 is 2.90 bits per heavy atom. The van der Waals surface area contributed by atoms with Gasteiger partial charge in [0.05, 0.1) is 18.6 Å². The molecule has 6 nitrogen and oxygen atoms in total. The third-order valence-electron chi connectivity index (χ3n) is 2.11. The minimum absolute atomic E-state index is 0.0125. The van der Waals surface area contributed by atoms with Crippen LogP contribution in [0, 0.1) is 11.8 Å². The van der Waals surface area contributed by atoms with E-state index in [1.165, 1.54) is 11.3 Å². The number of hydrogen-bond acceptors (Lipinski definition) is 6. The zero-order chi connectivity index (χ0) is 15.0. The molecule has 0 aliphatic heterocycles. The van der Waals surface area contributed by atoms with Gasteiger partial charge in [-0.15, -0.1) is 11.3 Å². The molecule has 0 atom stereocenters. The summed E-state index contributed by atoms with van der Waals surface area (Å²) in [5.41, 5.74) is 0. The molecule has 0 aromatic carbocycles. The number of hydrogen-bond donors (Lipinski definition) is 2. The Labute approximate surface area is 121 Å². The van der Waals surface area contributed by atoms with Crippen LogP contribution < -0.4 is 4.72 Å². The second kappa shape index (κ2) is 8.01. The predicted octanol–water partition coefficient (Wildman–Crippen LogP) is 0.0744. The maximum atomic E-state index is 11.5. The SMILES string of the molecule is COC(=O)CS(=O)(=O)NCc1ccc(C#CCCO)s1. The van der Waals surface area contributed by atoms with Crippen molar-refractivity contribution in [2.24, 2.45) is 0 Å². The van der Waals surface area contributed by atoms with Gasteiger partial charge in [0.25, 0.3) is 0 Å². The van der Waals surface area contributed by atoms with E-state index in [0.29, 0.717) is 6.42 Å². The largest absolute Gasteiger partial charge is 0.468 e. The summed E-state index contributed by atoms with van der Waals surface area (Å²) in [6, 6.07) is 3.53. The standard InChI is InChI=1S/C12H15NO5S2/c1-18-12(15)9-20(16,17)13-8-11-6-5-10(19-11)4-2-3-7-14/h5-6,13-14H,3,7-9H2,1H3. The van der Waals surface area contributed by atoms with Gasteiger partial charge >= 0.3 is 5.97 Å². The molecule has 0 amide bonds. The molecule has 0 saturated heterocycles. The number of carbonyl (C=O) groups is 1. The Morgan fingerprint density at radius 1 is 1.50 bits per heavy atom. The number of thiophene rings is 1. The molecule has 20 heavy (non-hydrogen) atoms. The van der Waals surface area contributed by atoms with Crippen LogP contribution in [0.3, 0.4) is 0 Å². The van der Waals surface area contributed by atoms with Crippen molar-refractivity contribution in [2.45, 2.75) is 13.0 Å². The minimum atomic E-state index is -3.69. The van der Waals surface area contributed by atoms with E-state index >= 15 is 0 Å². The lowest BCUT2D eigenvalue weighted by atomic mass is 10.4. The lowest BCUT2D eigenvalue weighted by Crippen LogP contribution is -2.30. The van der Waals surface area contributed by atoms with E-state index in [4.69, 9.17) is 5.11 Å². The minimum Gasteiger partial charge on any atom is -0.468 e. The van der Waals surface area contributed by atoms with E-state index in [0.717, 1.165) is 16.9 Å². The summed E-state index contributed by atoms with van der Waals surface area (Å²) in [5.74, 6) is 4.14. The van der Waals surface area contributed by atoms with Gasteiger partial charge in [-0.05, 0) is 12.1 Å². The van der Waals surface area contributed by atoms with Gasteiger partial charge in [0.1, 0.15) is 0 Å². The van der Waals surface area contributed by atoms with Crippen molar-refractivity contribution in [3.05, 3.63) is 21.9 Å².